The number of anilines is 1. The summed E-state index contributed by atoms with van der Waals surface area (Å²) in [5, 5.41) is 13.7. The molecule has 0 aliphatic carbocycles. The van der Waals surface area contributed by atoms with E-state index in [4.69, 9.17) is 21.1 Å². The highest BCUT2D eigenvalue weighted by atomic mass is 35.5. The summed E-state index contributed by atoms with van der Waals surface area (Å²) in [6.45, 7) is 4.29. The van der Waals surface area contributed by atoms with E-state index in [0.717, 1.165) is 23.4 Å². The second-order valence-electron chi connectivity index (χ2n) is 5.30. The lowest BCUT2D eigenvalue weighted by Crippen LogP contribution is -2.26. The number of allylic oxidation sites excluding steroid dienone is 1. The third-order valence-electron chi connectivity index (χ3n) is 3.46. The predicted molar refractivity (Wildman–Crippen MR) is 98.3 cm³/mol. The number of ether oxygens (including phenoxy) is 2. The van der Waals surface area contributed by atoms with Crippen molar-refractivity contribution in [3.8, 4) is 11.5 Å². The minimum atomic E-state index is -0.650. The molecule has 0 saturated carbocycles. The number of hydrogen-bond donors (Lipinski definition) is 2. The fourth-order valence-corrected chi connectivity index (χ4v) is 2.48. The van der Waals surface area contributed by atoms with E-state index >= 15 is 0 Å². The van der Waals surface area contributed by atoms with E-state index in [-0.39, 0.29) is 6.61 Å². The normalized spacial score (nSPS) is 11.6. The van der Waals surface area contributed by atoms with Gasteiger partial charge in [-0.3, -0.25) is 0 Å². The molecule has 5 heteroatoms. The van der Waals surface area contributed by atoms with Gasteiger partial charge in [0.25, 0.3) is 0 Å². The zero-order valence-electron chi connectivity index (χ0n) is 13.7. The van der Waals surface area contributed by atoms with Gasteiger partial charge in [-0.05, 0) is 36.2 Å². The smallest absolute Gasteiger partial charge is 0.137 e. The van der Waals surface area contributed by atoms with Gasteiger partial charge in [-0.15, -0.1) is 6.58 Å². The van der Waals surface area contributed by atoms with Crippen molar-refractivity contribution in [3.05, 3.63) is 65.7 Å². The maximum Gasteiger partial charge on any atom is 0.137 e. The first-order chi connectivity index (χ1) is 11.6. The van der Waals surface area contributed by atoms with Crippen LogP contribution in [-0.2, 0) is 6.42 Å². The highest BCUT2D eigenvalue weighted by Gasteiger charge is 2.08. The summed E-state index contributed by atoms with van der Waals surface area (Å²) in [5.41, 5.74) is 1.86. The van der Waals surface area contributed by atoms with Crippen molar-refractivity contribution in [3.63, 3.8) is 0 Å². The van der Waals surface area contributed by atoms with Crippen LogP contribution >= 0.6 is 11.6 Å². The lowest BCUT2D eigenvalue weighted by atomic mass is 10.1. The van der Waals surface area contributed by atoms with Crippen LogP contribution in [0.2, 0.25) is 5.02 Å². The van der Waals surface area contributed by atoms with Gasteiger partial charge < -0.3 is 19.9 Å². The monoisotopic (exact) mass is 347 g/mol. The molecule has 2 N–H and O–H groups in total. The molecule has 0 amide bonds. The number of methoxy groups -OCH3 is 1. The first-order valence-corrected chi connectivity index (χ1v) is 8.09. The molecule has 2 aromatic rings. The van der Waals surface area contributed by atoms with Crippen LogP contribution in [0.15, 0.2) is 55.1 Å². The topological polar surface area (TPSA) is 50.7 Å². The third kappa shape index (κ3) is 5.18. The molecule has 2 aromatic carbocycles. The number of rotatable bonds is 9. The Morgan fingerprint density at radius 3 is 2.75 bits per heavy atom. The Morgan fingerprint density at radius 1 is 1.25 bits per heavy atom. The second kappa shape index (κ2) is 9.21. The average molecular weight is 348 g/mol. The molecular formula is C19H22ClNO3. The fourth-order valence-electron chi connectivity index (χ4n) is 2.23. The van der Waals surface area contributed by atoms with Crippen molar-refractivity contribution < 1.29 is 14.6 Å². The zero-order valence-corrected chi connectivity index (χ0v) is 14.4. The zero-order chi connectivity index (χ0) is 17.4. The number of aliphatic hydroxyl groups excluding tert-OH is 1. The molecular weight excluding hydrogens is 326 g/mol. The summed E-state index contributed by atoms with van der Waals surface area (Å²) in [7, 11) is 1.57. The van der Waals surface area contributed by atoms with Gasteiger partial charge in [0, 0.05) is 12.2 Å². The van der Waals surface area contributed by atoms with Crippen LogP contribution in [0.25, 0.3) is 0 Å². The van der Waals surface area contributed by atoms with Gasteiger partial charge in [0.1, 0.15) is 24.2 Å². The average Bonchev–Trinajstić information content (AvgIpc) is 2.59. The molecule has 2 rings (SSSR count). The number of para-hydroxylation sites is 1. The number of nitrogens with one attached hydrogen (secondary N) is 1. The SMILES string of the molecule is C=CCc1ccccc1OCC(O)CNc1ccc(OC)c(Cl)c1. The molecule has 0 bridgehead atoms. The van der Waals surface area contributed by atoms with E-state index in [1.807, 2.05) is 36.4 Å². The van der Waals surface area contributed by atoms with Crippen molar-refractivity contribution >= 4 is 17.3 Å². The van der Waals surface area contributed by atoms with Gasteiger partial charge in [0.05, 0.1) is 12.1 Å². The lowest BCUT2D eigenvalue weighted by molar-refractivity contribution is 0.117. The molecule has 4 nitrogen and oxygen atoms in total. The van der Waals surface area contributed by atoms with Crippen molar-refractivity contribution in [1.82, 2.24) is 0 Å². The Morgan fingerprint density at radius 2 is 2.04 bits per heavy atom. The van der Waals surface area contributed by atoms with Crippen LogP contribution in [0.3, 0.4) is 0 Å². The van der Waals surface area contributed by atoms with Gasteiger partial charge >= 0.3 is 0 Å². The van der Waals surface area contributed by atoms with Crippen LogP contribution in [0.5, 0.6) is 11.5 Å². The molecule has 0 aliphatic rings. The largest absolute Gasteiger partial charge is 0.495 e. The fraction of sp³-hybridized carbons (Fsp3) is 0.263. The molecule has 1 unspecified atom stereocenters. The summed E-state index contributed by atoms with van der Waals surface area (Å²) >= 11 is 6.07. The summed E-state index contributed by atoms with van der Waals surface area (Å²) in [5.74, 6) is 1.38. The Hall–Kier alpha value is -2.17. The summed E-state index contributed by atoms with van der Waals surface area (Å²) in [6, 6.07) is 13.1. The van der Waals surface area contributed by atoms with E-state index < -0.39 is 6.10 Å². The lowest BCUT2D eigenvalue weighted by Gasteiger charge is -2.16. The number of halogens is 1. The molecule has 0 heterocycles. The van der Waals surface area contributed by atoms with Gasteiger partial charge in [0.15, 0.2) is 0 Å². The van der Waals surface area contributed by atoms with Gasteiger partial charge in [-0.25, -0.2) is 0 Å². The number of benzene rings is 2. The predicted octanol–water partition coefficient (Wildman–Crippen LogP) is 3.93. The number of aliphatic hydroxyl groups is 1. The maximum absolute atomic E-state index is 10.1. The second-order valence-corrected chi connectivity index (χ2v) is 5.70. The first-order valence-electron chi connectivity index (χ1n) is 7.71. The van der Waals surface area contributed by atoms with Crippen LogP contribution in [0.4, 0.5) is 5.69 Å². The Kier molecular flexibility index (Phi) is 6.97. The summed E-state index contributed by atoms with van der Waals surface area (Å²) in [4.78, 5) is 0. The Balaban J connectivity index is 1.84. The van der Waals surface area contributed by atoms with Crippen molar-refractivity contribution in [1.29, 1.82) is 0 Å². The minimum absolute atomic E-state index is 0.199. The van der Waals surface area contributed by atoms with Crippen molar-refractivity contribution in [2.45, 2.75) is 12.5 Å². The van der Waals surface area contributed by atoms with Gasteiger partial charge in [-0.1, -0.05) is 35.9 Å². The third-order valence-corrected chi connectivity index (χ3v) is 3.76. The van der Waals surface area contributed by atoms with E-state index in [0.29, 0.717) is 17.3 Å². The molecule has 0 spiro atoms. The Bertz CT molecular complexity index is 675. The van der Waals surface area contributed by atoms with E-state index in [1.54, 1.807) is 19.2 Å². The quantitative estimate of drug-likeness (QED) is 0.675. The van der Waals surface area contributed by atoms with Crippen LogP contribution in [-0.4, -0.2) is 31.5 Å². The van der Waals surface area contributed by atoms with E-state index in [1.165, 1.54) is 0 Å². The van der Waals surface area contributed by atoms with Crippen LogP contribution in [0, 0.1) is 0 Å². The summed E-state index contributed by atoms with van der Waals surface area (Å²) in [6.07, 6.45) is 1.91. The highest BCUT2D eigenvalue weighted by molar-refractivity contribution is 6.32. The summed E-state index contributed by atoms with van der Waals surface area (Å²) < 4.78 is 10.8. The van der Waals surface area contributed by atoms with E-state index in [2.05, 4.69) is 11.9 Å². The molecule has 24 heavy (non-hydrogen) atoms. The van der Waals surface area contributed by atoms with Gasteiger partial charge in [-0.2, -0.15) is 0 Å². The minimum Gasteiger partial charge on any atom is -0.495 e. The van der Waals surface area contributed by atoms with Gasteiger partial charge in [0.2, 0.25) is 0 Å². The van der Waals surface area contributed by atoms with Crippen molar-refractivity contribution in [2.75, 3.05) is 25.6 Å². The molecule has 0 aromatic heterocycles. The molecule has 0 aliphatic heterocycles. The molecule has 1 atom stereocenters. The van der Waals surface area contributed by atoms with Crippen LogP contribution < -0.4 is 14.8 Å². The number of hydrogen-bond acceptors (Lipinski definition) is 4. The molecule has 128 valence electrons. The standard InChI is InChI=1S/C19H22ClNO3/c1-3-6-14-7-4-5-8-18(14)24-13-16(22)12-21-15-9-10-19(23-2)17(20)11-15/h3-5,7-11,16,21-22H,1,6,12-13H2,2H3. The molecule has 0 fully saturated rings. The maximum atomic E-state index is 10.1. The van der Waals surface area contributed by atoms with Crippen LogP contribution in [0.1, 0.15) is 5.56 Å². The molecule has 0 radical (unpaired) electrons. The first kappa shape index (κ1) is 18.2. The Labute approximate surface area is 147 Å². The van der Waals surface area contributed by atoms with Crippen molar-refractivity contribution in [2.24, 2.45) is 0 Å². The van der Waals surface area contributed by atoms with E-state index in [9.17, 15) is 5.11 Å². The highest BCUT2D eigenvalue weighted by Crippen LogP contribution is 2.27. The molecule has 0 saturated heterocycles.